The second kappa shape index (κ2) is 12.7. The van der Waals surface area contributed by atoms with Gasteiger partial charge in [0, 0.05) is 0 Å². The number of aryl methyl sites for hydroxylation is 1. The number of unbranched alkanes of at least 4 members (excludes halogenated alkanes) is 9. The molecule has 0 aliphatic heterocycles. The molecule has 132 valence electrons. The summed E-state index contributed by atoms with van der Waals surface area (Å²) in [6.07, 6.45) is 13.0. The first kappa shape index (κ1) is 20.4. The molecular formula is C18H31O4P. The van der Waals surface area contributed by atoms with E-state index in [0.29, 0.717) is 0 Å². The summed E-state index contributed by atoms with van der Waals surface area (Å²) in [5.41, 5.74) is 1.44. The largest absolute Gasteiger partial charge is 0.469 e. The van der Waals surface area contributed by atoms with E-state index in [-0.39, 0.29) is 6.61 Å². The molecule has 0 amide bonds. The summed E-state index contributed by atoms with van der Waals surface area (Å²) in [6, 6.07) is 10.7. The van der Waals surface area contributed by atoms with Crippen molar-refractivity contribution >= 4 is 7.82 Å². The fraction of sp³-hybridized carbons (Fsp3) is 0.667. The van der Waals surface area contributed by atoms with Crippen molar-refractivity contribution in [2.45, 2.75) is 70.6 Å². The zero-order valence-corrected chi connectivity index (χ0v) is 14.9. The lowest BCUT2D eigenvalue weighted by Gasteiger charge is -2.05. The molecule has 4 nitrogen and oxygen atoms in total. The van der Waals surface area contributed by atoms with Crippen molar-refractivity contribution in [1.82, 2.24) is 0 Å². The van der Waals surface area contributed by atoms with Crippen molar-refractivity contribution in [2.24, 2.45) is 0 Å². The molecule has 0 aromatic heterocycles. The minimum atomic E-state index is -4.27. The van der Waals surface area contributed by atoms with Gasteiger partial charge >= 0.3 is 7.82 Å². The van der Waals surface area contributed by atoms with Gasteiger partial charge < -0.3 is 9.79 Å². The summed E-state index contributed by atoms with van der Waals surface area (Å²) >= 11 is 0. The summed E-state index contributed by atoms with van der Waals surface area (Å²) in [7, 11) is -4.27. The molecule has 1 rings (SSSR count). The van der Waals surface area contributed by atoms with Gasteiger partial charge in [0.1, 0.15) is 0 Å². The van der Waals surface area contributed by atoms with Crippen molar-refractivity contribution in [3.8, 4) is 0 Å². The first-order valence-corrected chi connectivity index (χ1v) is 10.3. The summed E-state index contributed by atoms with van der Waals surface area (Å²) in [5, 5.41) is 0. The van der Waals surface area contributed by atoms with Crippen LogP contribution < -0.4 is 0 Å². The Hall–Kier alpha value is -0.670. The van der Waals surface area contributed by atoms with E-state index >= 15 is 0 Å². The van der Waals surface area contributed by atoms with Gasteiger partial charge in [-0.25, -0.2) is 4.57 Å². The summed E-state index contributed by atoms with van der Waals surface area (Å²) in [4.78, 5) is 17.1. The molecule has 0 radical (unpaired) electrons. The van der Waals surface area contributed by atoms with Crippen molar-refractivity contribution in [2.75, 3.05) is 6.61 Å². The Labute approximate surface area is 140 Å². The van der Waals surface area contributed by atoms with Gasteiger partial charge in [-0.2, -0.15) is 0 Å². The summed E-state index contributed by atoms with van der Waals surface area (Å²) < 4.78 is 14.9. The Bertz CT molecular complexity index is 430. The number of rotatable bonds is 14. The van der Waals surface area contributed by atoms with Gasteiger partial charge in [0.25, 0.3) is 0 Å². The second-order valence-electron chi connectivity index (χ2n) is 6.09. The third kappa shape index (κ3) is 13.5. The van der Waals surface area contributed by atoms with E-state index in [4.69, 9.17) is 9.79 Å². The Morgan fingerprint density at radius 1 is 0.739 bits per heavy atom. The van der Waals surface area contributed by atoms with Gasteiger partial charge in [0.15, 0.2) is 0 Å². The summed E-state index contributed by atoms with van der Waals surface area (Å²) in [6.45, 7) is 0.158. The number of hydrogen-bond acceptors (Lipinski definition) is 2. The molecule has 0 aliphatic carbocycles. The van der Waals surface area contributed by atoms with Crippen LogP contribution in [0.4, 0.5) is 0 Å². The van der Waals surface area contributed by atoms with Gasteiger partial charge in [-0.15, -0.1) is 0 Å². The molecular weight excluding hydrogens is 311 g/mol. The first-order chi connectivity index (χ1) is 11.1. The molecule has 0 fully saturated rings. The zero-order valence-electron chi connectivity index (χ0n) is 14.0. The minimum Gasteiger partial charge on any atom is -0.303 e. The Morgan fingerprint density at radius 2 is 1.22 bits per heavy atom. The third-order valence-electron chi connectivity index (χ3n) is 3.96. The van der Waals surface area contributed by atoms with E-state index in [2.05, 4.69) is 34.9 Å². The lowest BCUT2D eigenvalue weighted by Crippen LogP contribution is -1.92. The predicted molar refractivity (Wildman–Crippen MR) is 94.3 cm³/mol. The quantitative estimate of drug-likeness (QED) is 0.358. The second-order valence-corrected chi connectivity index (χ2v) is 7.33. The predicted octanol–water partition coefficient (Wildman–Crippen LogP) is 5.24. The lowest BCUT2D eigenvalue weighted by atomic mass is 10.0. The molecule has 5 heteroatoms. The van der Waals surface area contributed by atoms with Crippen LogP contribution in [0.25, 0.3) is 0 Å². The third-order valence-corrected chi connectivity index (χ3v) is 4.48. The average molecular weight is 342 g/mol. The highest BCUT2D eigenvalue weighted by molar-refractivity contribution is 7.46. The van der Waals surface area contributed by atoms with E-state index in [1.807, 2.05) is 0 Å². The zero-order chi connectivity index (χ0) is 16.8. The lowest BCUT2D eigenvalue weighted by molar-refractivity contribution is 0.193. The van der Waals surface area contributed by atoms with Crippen LogP contribution in [-0.4, -0.2) is 16.4 Å². The molecule has 0 atom stereocenters. The van der Waals surface area contributed by atoms with E-state index in [1.165, 1.54) is 56.9 Å². The maximum Gasteiger partial charge on any atom is 0.469 e. The van der Waals surface area contributed by atoms with E-state index in [0.717, 1.165) is 19.3 Å². The number of hydrogen-bond donors (Lipinski definition) is 2. The minimum absolute atomic E-state index is 0.158. The highest BCUT2D eigenvalue weighted by atomic mass is 31.2. The summed E-state index contributed by atoms with van der Waals surface area (Å²) in [5.74, 6) is 0. The van der Waals surface area contributed by atoms with Gasteiger partial charge in [-0.05, 0) is 24.8 Å². The molecule has 23 heavy (non-hydrogen) atoms. The van der Waals surface area contributed by atoms with Crippen LogP contribution in [0.15, 0.2) is 30.3 Å². The molecule has 0 saturated carbocycles. The Balaban J connectivity index is 1.77. The van der Waals surface area contributed by atoms with Crippen LogP contribution in [0.5, 0.6) is 0 Å². The number of benzene rings is 1. The van der Waals surface area contributed by atoms with Crippen LogP contribution >= 0.6 is 7.82 Å². The molecule has 1 aromatic rings. The van der Waals surface area contributed by atoms with Crippen molar-refractivity contribution in [3.63, 3.8) is 0 Å². The highest BCUT2D eigenvalue weighted by Crippen LogP contribution is 2.35. The topological polar surface area (TPSA) is 66.8 Å². The SMILES string of the molecule is O=P(O)(O)OCCCCCCCCCCCCc1ccccc1. The molecule has 0 bridgehead atoms. The monoisotopic (exact) mass is 342 g/mol. The highest BCUT2D eigenvalue weighted by Gasteiger charge is 2.12. The van der Waals surface area contributed by atoms with Gasteiger partial charge in [-0.1, -0.05) is 81.7 Å². The number of phosphoric ester groups is 1. The molecule has 2 N–H and O–H groups in total. The van der Waals surface area contributed by atoms with E-state index in [1.54, 1.807) is 0 Å². The molecule has 1 aromatic carbocycles. The van der Waals surface area contributed by atoms with Crippen LogP contribution in [0, 0.1) is 0 Å². The van der Waals surface area contributed by atoms with Crippen molar-refractivity contribution in [3.05, 3.63) is 35.9 Å². The fourth-order valence-corrected chi connectivity index (χ4v) is 3.04. The van der Waals surface area contributed by atoms with Crippen LogP contribution in [-0.2, 0) is 15.5 Å². The Kier molecular flexibility index (Phi) is 11.3. The normalized spacial score (nSPS) is 11.7. The van der Waals surface area contributed by atoms with Crippen molar-refractivity contribution < 1.29 is 18.9 Å². The van der Waals surface area contributed by atoms with Crippen LogP contribution in [0.3, 0.4) is 0 Å². The maximum absolute atomic E-state index is 10.5. The molecule has 0 unspecified atom stereocenters. The first-order valence-electron chi connectivity index (χ1n) is 8.82. The van der Waals surface area contributed by atoms with Crippen LogP contribution in [0.1, 0.15) is 69.8 Å². The maximum atomic E-state index is 10.5. The van der Waals surface area contributed by atoms with Crippen LogP contribution in [0.2, 0.25) is 0 Å². The van der Waals surface area contributed by atoms with E-state index in [9.17, 15) is 4.57 Å². The van der Waals surface area contributed by atoms with Gasteiger partial charge in [0.05, 0.1) is 6.61 Å². The molecule has 0 saturated heterocycles. The van der Waals surface area contributed by atoms with Crippen molar-refractivity contribution in [1.29, 1.82) is 0 Å². The fourth-order valence-electron chi connectivity index (χ4n) is 2.67. The van der Waals surface area contributed by atoms with Gasteiger partial charge in [-0.3, -0.25) is 4.52 Å². The smallest absolute Gasteiger partial charge is 0.303 e. The standard InChI is InChI=1S/C18H31O4P/c19-23(20,21)22-17-13-8-6-4-2-1-3-5-7-10-14-18-15-11-9-12-16-18/h9,11-12,15-16H,1-8,10,13-14,17H2,(H2,19,20,21). The molecule has 0 aliphatic rings. The average Bonchev–Trinajstić information content (AvgIpc) is 2.52. The van der Waals surface area contributed by atoms with Gasteiger partial charge in [0.2, 0.25) is 0 Å². The number of phosphoric acid groups is 1. The Morgan fingerprint density at radius 3 is 1.74 bits per heavy atom. The molecule has 0 heterocycles. The van der Waals surface area contributed by atoms with E-state index < -0.39 is 7.82 Å². The molecule has 0 spiro atoms.